The third kappa shape index (κ3) is 8.21. The Kier molecular flexibility index (Phi) is 9.76. The number of rotatable bonds is 8. The standard InChI is InChI=1S/C32H32F4N6O2S/c1-20(2)26-14-5-21(3)17-28(26)41-15-4-16-45-31(41)39-30(43)37-18-27(33)22-6-8-23(9-7-22)29-38-19-42(40-29)24-10-12-25(13-11-24)44-32(34,35)36/h5-14,17,19-20,27H,4,15-16,18H2,1-3H3,(H,37,43)/b39-31-. The quantitative estimate of drug-likeness (QED) is 0.197. The van der Waals surface area contributed by atoms with Gasteiger partial charge in [0.25, 0.3) is 0 Å². The van der Waals surface area contributed by atoms with Crippen LogP contribution in [0.5, 0.6) is 5.75 Å². The van der Waals surface area contributed by atoms with E-state index < -0.39 is 18.6 Å². The Bertz CT molecular complexity index is 1660. The number of carbonyl (C=O) groups is 1. The first-order valence-electron chi connectivity index (χ1n) is 14.4. The molecule has 1 atom stereocenters. The van der Waals surface area contributed by atoms with Gasteiger partial charge in [0.15, 0.2) is 11.0 Å². The number of nitrogens with zero attached hydrogens (tertiary/aromatic N) is 5. The van der Waals surface area contributed by atoms with Gasteiger partial charge in [0.2, 0.25) is 0 Å². The van der Waals surface area contributed by atoms with Crippen LogP contribution in [0, 0.1) is 6.92 Å². The molecule has 0 spiro atoms. The number of hydrogen-bond acceptors (Lipinski definition) is 5. The van der Waals surface area contributed by atoms with Crippen molar-refractivity contribution in [3.63, 3.8) is 0 Å². The van der Waals surface area contributed by atoms with Crippen LogP contribution in [-0.2, 0) is 0 Å². The lowest BCUT2D eigenvalue weighted by atomic mass is 9.98. The summed E-state index contributed by atoms with van der Waals surface area (Å²) >= 11 is 1.51. The number of aryl methyl sites for hydroxylation is 1. The Morgan fingerprint density at radius 1 is 1.09 bits per heavy atom. The number of amides is 2. The molecule has 2 amide bonds. The Balaban J connectivity index is 1.20. The largest absolute Gasteiger partial charge is 0.573 e. The van der Waals surface area contributed by atoms with E-state index in [1.54, 1.807) is 24.3 Å². The van der Waals surface area contributed by atoms with Crippen LogP contribution >= 0.6 is 11.8 Å². The van der Waals surface area contributed by atoms with Gasteiger partial charge in [-0.15, -0.1) is 18.3 Å². The number of thioether (sulfide) groups is 1. The van der Waals surface area contributed by atoms with E-state index in [0.29, 0.717) is 33.7 Å². The normalized spacial score (nSPS) is 15.4. The Morgan fingerprint density at radius 2 is 1.82 bits per heavy atom. The second-order valence-electron chi connectivity index (χ2n) is 10.8. The van der Waals surface area contributed by atoms with Crippen molar-refractivity contribution in [1.29, 1.82) is 0 Å². The van der Waals surface area contributed by atoms with Crippen molar-refractivity contribution in [3.05, 3.63) is 89.7 Å². The van der Waals surface area contributed by atoms with Crippen molar-refractivity contribution in [2.75, 3.05) is 23.7 Å². The number of aromatic nitrogens is 3. The fraction of sp³-hybridized carbons (Fsp3) is 0.312. The predicted molar refractivity (Wildman–Crippen MR) is 168 cm³/mol. The lowest BCUT2D eigenvalue weighted by molar-refractivity contribution is -0.274. The van der Waals surface area contributed by atoms with Crippen LogP contribution in [0.1, 0.15) is 49.0 Å². The zero-order valence-electron chi connectivity index (χ0n) is 24.9. The van der Waals surface area contributed by atoms with Gasteiger partial charge < -0.3 is 15.0 Å². The fourth-order valence-electron chi connectivity index (χ4n) is 4.83. The van der Waals surface area contributed by atoms with E-state index in [2.05, 4.69) is 62.1 Å². The van der Waals surface area contributed by atoms with Gasteiger partial charge >= 0.3 is 12.4 Å². The zero-order chi connectivity index (χ0) is 32.1. The Morgan fingerprint density at radius 3 is 2.51 bits per heavy atom. The van der Waals surface area contributed by atoms with E-state index in [9.17, 15) is 18.0 Å². The van der Waals surface area contributed by atoms with Crippen molar-refractivity contribution < 1.29 is 27.1 Å². The first-order valence-corrected chi connectivity index (χ1v) is 15.3. The molecule has 1 aliphatic rings. The number of nitrogens with one attached hydrogen (secondary N) is 1. The number of benzene rings is 3. The van der Waals surface area contributed by atoms with Crippen LogP contribution in [-0.4, -0.2) is 51.2 Å². The van der Waals surface area contributed by atoms with E-state index in [-0.39, 0.29) is 12.3 Å². The van der Waals surface area contributed by atoms with Crippen LogP contribution in [0.3, 0.4) is 0 Å². The molecule has 1 aliphatic heterocycles. The van der Waals surface area contributed by atoms with Gasteiger partial charge in [-0.3, -0.25) is 0 Å². The summed E-state index contributed by atoms with van der Waals surface area (Å²) in [5, 5.41) is 7.56. The van der Waals surface area contributed by atoms with Gasteiger partial charge in [-0.25, -0.2) is 18.9 Å². The molecule has 1 unspecified atom stereocenters. The molecule has 1 N–H and O–H groups in total. The molecular formula is C32H32F4N6O2S. The summed E-state index contributed by atoms with van der Waals surface area (Å²) in [7, 11) is 0. The van der Waals surface area contributed by atoms with Crippen molar-refractivity contribution >= 4 is 28.6 Å². The third-order valence-corrected chi connectivity index (χ3v) is 8.14. The Labute approximate surface area is 262 Å². The minimum absolute atomic E-state index is 0.248. The molecule has 4 aromatic rings. The van der Waals surface area contributed by atoms with Crippen LogP contribution in [0.4, 0.5) is 28.0 Å². The maximum absolute atomic E-state index is 15.1. The summed E-state index contributed by atoms with van der Waals surface area (Å²) in [5.74, 6) is 1.15. The van der Waals surface area contributed by atoms with E-state index in [1.807, 2.05) is 6.92 Å². The van der Waals surface area contributed by atoms with Gasteiger partial charge in [-0.2, -0.15) is 4.99 Å². The second kappa shape index (κ2) is 13.7. The molecule has 13 heteroatoms. The molecule has 236 valence electrons. The number of amidine groups is 1. The molecule has 1 fully saturated rings. The summed E-state index contributed by atoms with van der Waals surface area (Å²) in [5.41, 5.74) is 4.80. The average Bonchev–Trinajstić information content (AvgIpc) is 3.50. The number of alkyl halides is 4. The first kappa shape index (κ1) is 32.0. The summed E-state index contributed by atoms with van der Waals surface area (Å²) < 4.78 is 57.6. The number of urea groups is 1. The van der Waals surface area contributed by atoms with Crippen LogP contribution in [0.2, 0.25) is 0 Å². The van der Waals surface area contributed by atoms with Gasteiger partial charge in [0, 0.05) is 23.5 Å². The molecule has 8 nitrogen and oxygen atoms in total. The molecule has 1 aromatic heterocycles. The average molecular weight is 641 g/mol. The molecule has 0 aliphatic carbocycles. The van der Waals surface area contributed by atoms with Crippen LogP contribution in [0.15, 0.2) is 78.0 Å². The van der Waals surface area contributed by atoms with Crippen LogP contribution in [0.25, 0.3) is 17.1 Å². The topological polar surface area (TPSA) is 84.6 Å². The highest BCUT2D eigenvalue weighted by Crippen LogP contribution is 2.33. The molecule has 0 saturated carbocycles. The zero-order valence-corrected chi connectivity index (χ0v) is 25.7. The highest BCUT2D eigenvalue weighted by atomic mass is 32.2. The summed E-state index contributed by atoms with van der Waals surface area (Å²) in [4.78, 5) is 23.4. The van der Waals surface area contributed by atoms with E-state index in [0.717, 1.165) is 30.0 Å². The smallest absolute Gasteiger partial charge is 0.406 e. The molecule has 1 saturated heterocycles. The lowest BCUT2D eigenvalue weighted by Gasteiger charge is -2.32. The molecule has 0 bridgehead atoms. The second-order valence-corrected chi connectivity index (χ2v) is 11.9. The SMILES string of the molecule is Cc1ccc(C(C)C)c(N2CCCS/C2=N\C(=O)NCC(F)c2ccc(-c3ncn(-c4ccc(OC(F)(F)F)cc4)n3)cc2)c1. The maximum Gasteiger partial charge on any atom is 0.573 e. The van der Waals surface area contributed by atoms with Crippen molar-refractivity contribution in [2.24, 2.45) is 4.99 Å². The van der Waals surface area contributed by atoms with Gasteiger partial charge in [0.05, 0.1) is 12.2 Å². The number of anilines is 1. The molecule has 45 heavy (non-hydrogen) atoms. The third-order valence-electron chi connectivity index (χ3n) is 7.07. The van der Waals surface area contributed by atoms with Gasteiger partial charge in [0.1, 0.15) is 18.2 Å². The molecule has 2 heterocycles. The van der Waals surface area contributed by atoms with E-state index in [1.165, 1.54) is 52.6 Å². The van der Waals surface area contributed by atoms with Gasteiger partial charge in [-0.1, -0.05) is 62.0 Å². The van der Waals surface area contributed by atoms with Crippen molar-refractivity contribution in [2.45, 2.75) is 45.6 Å². The fourth-order valence-corrected chi connectivity index (χ4v) is 5.78. The van der Waals surface area contributed by atoms with Crippen molar-refractivity contribution in [3.8, 4) is 22.8 Å². The summed E-state index contributed by atoms with van der Waals surface area (Å²) in [6.07, 6.45) is -3.86. The number of hydrogen-bond donors (Lipinski definition) is 1. The molecule has 0 radical (unpaired) electrons. The number of carbonyl (C=O) groups excluding carboxylic acids is 1. The predicted octanol–water partition coefficient (Wildman–Crippen LogP) is 7.98. The summed E-state index contributed by atoms with van der Waals surface area (Å²) in [6, 6.07) is 17.4. The molecule has 5 rings (SSSR count). The monoisotopic (exact) mass is 640 g/mol. The molecular weight excluding hydrogens is 608 g/mol. The minimum atomic E-state index is -4.78. The number of ether oxygens (including phenoxy) is 1. The van der Waals surface area contributed by atoms with Crippen LogP contribution < -0.4 is 15.0 Å². The first-order chi connectivity index (χ1) is 21.5. The Hall–Kier alpha value is -4.39. The lowest BCUT2D eigenvalue weighted by Crippen LogP contribution is -2.37. The van der Waals surface area contributed by atoms with E-state index >= 15 is 4.39 Å². The van der Waals surface area contributed by atoms with Gasteiger partial charge in [-0.05, 0) is 66.3 Å². The maximum atomic E-state index is 15.1. The van der Waals surface area contributed by atoms with Crippen molar-refractivity contribution in [1.82, 2.24) is 20.1 Å². The highest BCUT2D eigenvalue weighted by Gasteiger charge is 2.31. The number of aliphatic imine (C=N–C) groups is 1. The minimum Gasteiger partial charge on any atom is -0.406 e. The highest BCUT2D eigenvalue weighted by molar-refractivity contribution is 8.14. The summed E-state index contributed by atoms with van der Waals surface area (Å²) in [6.45, 7) is 6.80. The number of halogens is 4. The van der Waals surface area contributed by atoms with E-state index in [4.69, 9.17) is 0 Å². The molecule has 3 aromatic carbocycles.